The number of amides is 2. The van der Waals surface area contributed by atoms with Crippen molar-refractivity contribution in [3.05, 3.63) is 99.6 Å². The summed E-state index contributed by atoms with van der Waals surface area (Å²) < 4.78 is 22.0. The summed E-state index contributed by atoms with van der Waals surface area (Å²) in [7, 11) is 0. The third-order valence-corrected chi connectivity index (χ3v) is 7.27. The zero-order valence-electron chi connectivity index (χ0n) is 20.6. The number of fused-ring (bicyclic) bond motifs is 4. The topological polar surface area (TPSA) is 85.5 Å². The normalized spacial score (nSPS) is 13.3. The number of hydrogen-bond donors (Lipinski definition) is 1. The van der Waals surface area contributed by atoms with Gasteiger partial charge in [0.1, 0.15) is 11.4 Å². The van der Waals surface area contributed by atoms with Gasteiger partial charge in [0.15, 0.2) is 5.82 Å². The van der Waals surface area contributed by atoms with Crippen molar-refractivity contribution < 1.29 is 18.7 Å². The molecule has 4 aromatic rings. The van der Waals surface area contributed by atoms with Gasteiger partial charge < -0.3 is 15.4 Å². The lowest BCUT2D eigenvalue weighted by atomic mass is 9.94. The zero-order valence-corrected chi connectivity index (χ0v) is 21.3. The summed E-state index contributed by atoms with van der Waals surface area (Å²) in [5, 5.41) is 0.450. The number of ether oxygens (including phenoxy) is 1. The lowest BCUT2D eigenvalue weighted by Crippen LogP contribution is -2.24. The van der Waals surface area contributed by atoms with Crippen LogP contribution >= 0.6 is 11.6 Å². The number of benzene rings is 3. The summed E-state index contributed by atoms with van der Waals surface area (Å²) in [5.74, 6) is -0.770. The van der Waals surface area contributed by atoms with Crippen molar-refractivity contribution in [2.24, 2.45) is 5.73 Å². The van der Waals surface area contributed by atoms with Gasteiger partial charge in [-0.15, -0.1) is 0 Å². The molecule has 6 nitrogen and oxygen atoms in total. The van der Waals surface area contributed by atoms with Gasteiger partial charge in [0.25, 0.3) is 11.8 Å². The molecule has 1 aliphatic carbocycles. The van der Waals surface area contributed by atoms with Gasteiger partial charge in [-0.05, 0) is 64.6 Å². The molecule has 0 spiro atoms. The Morgan fingerprint density at radius 1 is 1.08 bits per heavy atom. The smallest absolute Gasteiger partial charge is 0.267 e. The molecular formula is C30H23ClFN3O3. The predicted octanol–water partition coefficient (Wildman–Crippen LogP) is 6.16. The van der Waals surface area contributed by atoms with E-state index >= 15 is 4.39 Å². The van der Waals surface area contributed by atoms with Crippen LogP contribution in [-0.4, -0.2) is 23.4 Å². The van der Waals surface area contributed by atoms with Gasteiger partial charge in [-0.2, -0.15) is 0 Å². The maximum Gasteiger partial charge on any atom is 0.267 e. The van der Waals surface area contributed by atoms with E-state index in [-0.39, 0.29) is 29.4 Å². The standard InChI is InChI=1S/C30H23ClFN3O3/c1-2-10-38-19-8-9-20-17(11-19)12-23-26(20)24(14-34-28(23)29(33)36)21-4-3-5-25(27(21)32)35-15-16-6-7-18(31)13-22(16)30(35)37/h3-9,11,13-14H,2,10,12,15H2,1H3,(H2,33,36). The minimum Gasteiger partial charge on any atom is -0.494 e. The molecule has 190 valence electrons. The molecule has 0 unspecified atom stereocenters. The van der Waals surface area contributed by atoms with Crippen LogP contribution in [0.2, 0.25) is 5.02 Å². The number of rotatable bonds is 6. The molecule has 1 aliphatic heterocycles. The van der Waals surface area contributed by atoms with Crippen LogP contribution in [0, 0.1) is 5.82 Å². The number of halogens is 2. The minimum atomic E-state index is -0.642. The van der Waals surface area contributed by atoms with E-state index in [0.29, 0.717) is 40.3 Å². The van der Waals surface area contributed by atoms with E-state index in [1.807, 2.05) is 25.1 Å². The first kappa shape index (κ1) is 24.1. The monoisotopic (exact) mass is 527 g/mol. The molecule has 2 N–H and O–H groups in total. The number of carbonyl (C=O) groups excluding carboxylic acids is 2. The first-order valence-electron chi connectivity index (χ1n) is 12.3. The molecular weight excluding hydrogens is 505 g/mol. The Morgan fingerprint density at radius 2 is 1.92 bits per heavy atom. The molecule has 2 amide bonds. The molecule has 0 atom stereocenters. The van der Waals surface area contributed by atoms with Crippen molar-refractivity contribution in [2.45, 2.75) is 26.3 Å². The molecule has 0 fully saturated rings. The number of nitrogens with zero attached hydrogens (tertiary/aromatic N) is 2. The number of primary amides is 1. The molecule has 38 heavy (non-hydrogen) atoms. The SMILES string of the molecule is CCCOc1ccc2c(c1)Cc1c(C(N)=O)ncc(-c3cccc(N4Cc5ccc(Cl)cc5C4=O)c3F)c1-2. The van der Waals surface area contributed by atoms with E-state index in [0.717, 1.165) is 28.9 Å². The first-order chi connectivity index (χ1) is 18.4. The number of hydrogen-bond acceptors (Lipinski definition) is 4. The van der Waals surface area contributed by atoms with E-state index in [4.69, 9.17) is 22.1 Å². The van der Waals surface area contributed by atoms with Crippen LogP contribution in [0.5, 0.6) is 5.75 Å². The van der Waals surface area contributed by atoms with Crippen LogP contribution in [0.25, 0.3) is 22.3 Å². The molecule has 3 aromatic carbocycles. The third-order valence-electron chi connectivity index (χ3n) is 7.03. The average molecular weight is 528 g/mol. The fourth-order valence-electron chi connectivity index (χ4n) is 5.31. The van der Waals surface area contributed by atoms with Crippen LogP contribution in [0.3, 0.4) is 0 Å². The lowest BCUT2D eigenvalue weighted by Gasteiger charge is -2.19. The largest absolute Gasteiger partial charge is 0.494 e. The molecule has 8 heteroatoms. The van der Waals surface area contributed by atoms with Gasteiger partial charge in [0, 0.05) is 34.3 Å². The zero-order chi connectivity index (χ0) is 26.6. The molecule has 6 rings (SSSR count). The molecule has 1 aromatic heterocycles. The van der Waals surface area contributed by atoms with E-state index in [2.05, 4.69) is 4.98 Å². The fraction of sp³-hybridized carbons (Fsp3) is 0.167. The minimum absolute atomic E-state index is 0.161. The Bertz CT molecular complexity index is 1650. The predicted molar refractivity (Wildman–Crippen MR) is 144 cm³/mol. The van der Waals surface area contributed by atoms with Gasteiger partial charge >= 0.3 is 0 Å². The second kappa shape index (κ2) is 9.26. The van der Waals surface area contributed by atoms with Crippen molar-refractivity contribution in [1.82, 2.24) is 4.98 Å². The summed E-state index contributed by atoms with van der Waals surface area (Å²) in [5.41, 5.74) is 11.2. The van der Waals surface area contributed by atoms with Crippen LogP contribution < -0.4 is 15.4 Å². The molecule has 2 heterocycles. The van der Waals surface area contributed by atoms with E-state index in [9.17, 15) is 9.59 Å². The lowest BCUT2D eigenvalue weighted by molar-refractivity contribution is 0.0987. The van der Waals surface area contributed by atoms with Gasteiger partial charge in [0.05, 0.1) is 18.8 Å². The first-order valence-corrected chi connectivity index (χ1v) is 12.7. The Balaban J connectivity index is 1.47. The summed E-state index contributed by atoms with van der Waals surface area (Å²) in [6.07, 6.45) is 2.79. The summed E-state index contributed by atoms with van der Waals surface area (Å²) in [6.45, 7) is 2.87. The van der Waals surface area contributed by atoms with Crippen LogP contribution in [-0.2, 0) is 13.0 Å². The quantitative estimate of drug-likeness (QED) is 0.286. The van der Waals surface area contributed by atoms with Crippen molar-refractivity contribution in [2.75, 3.05) is 11.5 Å². The van der Waals surface area contributed by atoms with Gasteiger partial charge in [-0.3, -0.25) is 14.6 Å². The summed E-state index contributed by atoms with van der Waals surface area (Å²) >= 11 is 6.09. The highest BCUT2D eigenvalue weighted by atomic mass is 35.5. The number of carbonyl (C=O) groups is 2. The van der Waals surface area contributed by atoms with Gasteiger partial charge in [-0.25, -0.2) is 4.39 Å². The number of pyridine rings is 1. The second-order valence-corrected chi connectivity index (χ2v) is 9.85. The fourth-order valence-corrected chi connectivity index (χ4v) is 5.49. The molecule has 0 radical (unpaired) electrons. The maximum absolute atomic E-state index is 16.2. The highest BCUT2D eigenvalue weighted by molar-refractivity contribution is 6.31. The highest BCUT2D eigenvalue weighted by Gasteiger charge is 2.33. The molecule has 0 saturated heterocycles. The average Bonchev–Trinajstić information content (AvgIpc) is 3.44. The number of anilines is 1. The van der Waals surface area contributed by atoms with E-state index < -0.39 is 11.7 Å². The van der Waals surface area contributed by atoms with Crippen molar-refractivity contribution in [3.8, 4) is 28.0 Å². The Kier molecular flexibility index (Phi) is 5.88. The van der Waals surface area contributed by atoms with E-state index in [1.165, 1.54) is 11.1 Å². The van der Waals surface area contributed by atoms with Gasteiger partial charge in [-0.1, -0.05) is 42.8 Å². The van der Waals surface area contributed by atoms with E-state index in [1.54, 1.807) is 36.4 Å². The summed E-state index contributed by atoms with van der Waals surface area (Å²) in [4.78, 5) is 31.1. The van der Waals surface area contributed by atoms with Gasteiger partial charge in [0.2, 0.25) is 0 Å². The number of nitrogens with two attached hydrogens (primary N) is 1. The maximum atomic E-state index is 16.2. The molecule has 2 aliphatic rings. The third kappa shape index (κ3) is 3.82. The van der Waals surface area contributed by atoms with Crippen molar-refractivity contribution in [3.63, 3.8) is 0 Å². The Hall–Kier alpha value is -4.23. The van der Waals surface area contributed by atoms with Crippen LogP contribution in [0.15, 0.2) is 60.8 Å². The highest BCUT2D eigenvalue weighted by Crippen LogP contribution is 2.46. The van der Waals surface area contributed by atoms with Crippen LogP contribution in [0.4, 0.5) is 10.1 Å². The summed E-state index contributed by atoms with van der Waals surface area (Å²) in [6, 6.07) is 15.8. The number of aromatic nitrogens is 1. The van der Waals surface area contributed by atoms with Crippen molar-refractivity contribution in [1.29, 1.82) is 0 Å². The van der Waals surface area contributed by atoms with Crippen LogP contribution in [0.1, 0.15) is 50.9 Å². The molecule has 0 saturated carbocycles. The Labute approximate surface area is 223 Å². The van der Waals surface area contributed by atoms with Crippen molar-refractivity contribution >= 4 is 29.1 Å². The second-order valence-electron chi connectivity index (χ2n) is 9.41. The Morgan fingerprint density at radius 3 is 2.71 bits per heavy atom. The molecule has 0 bridgehead atoms.